The van der Waals surface area contributed by atoms with Gasteiger partial charge < -0.3 is 18.2 Å². The van der Waals surface area contributed by atoms with Gasteiger partial charge in [0.15, 0.2) is 0 Å². The molecule has 0 fully saturated rings. The van der Waals surface area contributed by atoms with Crippen LogP contribution in [0.25, 0.3) is 93.6 Å². The summed E-state index contributed by atoms with van der Waals surface area (Å²) >= 11 is 0. The lowest BCUT2D eigenvalue weighted by Gasteiger charge is -2.42. The number of nitrogens with zero attached hydrogens (tertiary/aromatic N) is 2. The second kappa shape index (κ2) is 12.6. The summed E-state index contributed by atoms with van der Waals surface area (Å²) in [5.41, 5.74) is 25.9. The van der Waals surface area contributed by atoms with Gasteiger partial charge >= 0.3 is 6.85 Å². The van der Waals surface area contributed by atoms with E-state index in [0.29, 0.717) is 0 Å². The van der Waals surface area contributed by atoms with Crippen LogP contribution in [0.5, 0.6) is 0 Å². The highest BCUT2D eigenvalue weighted by Gasteiger charge is 2.47. The lowest BCUT2D eigenvalue weighted by atomic mass is 9.43. The average molecular weight is 895 g/mol. The molecule has 4 nitrogen and oxygen atoms in total. The minimum atomic E-state index is -0.178. The van der Waals surface area contributed by atoms with Gasteiger partial charge in [-0.25, -0.2) is 0 Å². The molecule has 0 atom stereocenters. The summed E-state index contributed by atoms with van der Waals surface area (Å²) in [6.45, 7) is 23.6. The van der Waals surface area contributed by atoms with Gasteiger partial charge in [-0.05, 0) is 158 Å². The lowest BCUT2D eigenvalue weighted by Crippen LogP contribution is -2.60. The number of fused-ring (bicyclic) bond motifs is 18. The Morgan fingerprint density at radius 1 is 0.522 bits per heavy atom. The Morgan fingerprint density at radius 2 is 1.19 bits per heavy atom. The van der Waals surface area contributed by atoms with E-state index in [1.54, 1.807) is 0 Å². The molecule has 0 unspecified atom stereocenters. The number of hydrogen-bond acceptors (Lipinski definition) is 3. The number of furan rings is 2. The van der Waals surface area contributed by atoms with Crippen LogP contribution in [0.2, 0.25) is 0 Å². The first-order valence-corrected chi connectivity index (χ1v) is 25.1. The molecule has 0 saturated carbocycles. The molecular formula is C64H55BN2O2. The molecule has 2 aliphatic carbocycles. The Balaban J connectivity index is 1.11. The molecule has 0 N–H and O–H groups in total. The van der Waals surface area contributed by atoms with Crippen molar-refractivity contribution in [1.82, 2.24) is 4.57 Å². The minimum absolute atomic E-state index is 0.0159. The molecule has 0 spiro atoms. The van der Waals surface area contributed by atoms with Gasteiger partial charge in [-0.2, -0.15) is 0 Å². The van der Waals surface area contributed by atoms with E-state index < -0.39 is 0 Å². The Kier molecular flexibility index (Phi) is 7.31. The maximum Gasteiger partial charge on any atom is 0.333 e. The molecule has 5 heteroatoms. The minimum Gasteiger partial charge on any atom is -0.456 e. The van der Waals surface area contributed by atoms with Gasteiger partial charge in [0.2, 0.25) is 0 Å². The molecule has 8 aromatic carbocycles. The Bertz CT molecular complexity index is 4160. The van der Waals surface area contributed by atoms with Gasteiger partial charge in [0.1, 0.15) is 22.3 Å². The number of para-hydroxylation sites is 1. The third-order valence-corrected chi connectivity index (χ3v) is 17.7. The standard InChI is InChI=1S/C64H55BN2O2/c1-34-25-44-40-30-55-43(41-26-48-49(33-57(41)69-55)63(7,8)24-23-62(48,5)6)29-52(40)67(36-21-19-35(20-22-36)61(2,3)4)65-50-32-47-39(37-15-11-13-17-46(37)64(47,9)10)27-53(50)66-51-28-42-38-16-12-14-18-54(38)68-56(42)31-45(51)58(34)60(66)59(44)65/h11-22,25-33H,23-24H2,1-10H3. The number of rotatable bonds is 1. The highest BCUT2D eigenvalue weighted by atomic mass is 16.3. The monoisotopic (exact) mass is 894 g/mol. The summed E-state index contributed by atoms with van der Waals surface area (Å²) in [6.07, 6.45) is 2.33. The van der Waals surface area contributed by atoms with Crippen molar-refractivity contribution in [2.45, 2.75) is 104 Å². The van der Waals surface area contributed by atoms with E-state index in [0.717, 1.165) is 39.5 Å². The van der Waals surface area contributed by atoms with Gasteiger partial charge in [0, 0.05) is 60.4 Å². The summed E-state index contributed by atoms with van der Waals surface area (Å²) in [5.74, 6) is 0. The van der Waals surface area contributed by atoms with Gasteiger partial charge in [-0.15, -0.1) is 0 Å². The molecule has 3 aromatic heterocycles. The molecular weight excluding hydrogens is 840 g/mol. The van der Waals surface area contributed by atoms with Crippen LogP contribution < -0.4 is 15.7 Å². The zero-order valence-electron chi connectivity index (χ0n) is 41.3. The second-order valence-corrected chi connectivity index (χ2v) is 24.0. The molecule has 69 heavy (non-hydrogen) atoms. The Hall–Kier alpha value is -6.98. The van der Waals surface area contributed by atoms with E-state index in [4.69, 9.17) is 8.83 Å². The molecule has 0 radical (unpaired) electrons. The van der Waals surface area contributed by atoms with E-state index in [1.165, 1.54) is 123 Å². The van der Waals surface area contributed by atoms with E-state index in [9.17, 15) is 0 Å². The molecule has 0 amide bonds. The zero-order valence-corrected chi connectivity index (χ0v) is 41.3. The van der Waals surface area contributed by atoms with Crippen molar-refractivity contribution in [2.75, 3.05) is 4.81 Å². The van der Waals surface area contributed by atoms with Gasteiger partial charge in [0.05, 0.1) is 11.0 Å². The van der Waals surface area contributed by atoms with Gasteiger partial charge in [-0.3, -0.25) is 0 Å². The fraction of sp³-hybridized carbons (Fsp3) is 0.250. The quantitative estimate of drug-likeness (QED) is 0.154. The smallest absolute Gasteiger partial charge is 0.333 e. The Labute approximate surface area is 403 Å². The van der Waals surface area contributed by atoms with Crippen molar-refractivity contribution in [3.05, 3.63) is 161 Å². The van der Waals surface area contributed by atoms with Crippen molar-refractivity contribution >= 4 is 94.8 Å². The second-order valence-electron chi connectivity index (χ2n) is 24.0. The van der Waals surface area contributed by atoms with Crippen LogP contribution in [0.4, 0.5) is 11.4 Å². The summed E-state index contributed by atoms with van der Waals surface area (Å²) < 4.78 is 16.4. The SMILES string of the molecule is Cc1cc2c3c4c1c1cc5oc6ccccc6c5cc1n4-c1cc4c(cc1B3N(c1ccc(C(C)(C)C)cc1)c1cc3c(cc1-2)oc1cc2c(cc13)C(C)(C)CCC2(C)C)C(C)(C)c1ccccc1-4. The number of anilines is 2. The molecule has 0 saturated heterocycles. The van der Waals surface area contributed by atoms with E-state index in [-0.39, 0.29) is 28.5 Å². The highest BCUT2D eigenvalue weighted by molar-refractivity contribution is 6.93. The van der Waals surface area contributed by atoms with E-state index in [1.807, 2.05) is 0 Å². The molecule has 0 bridgehead atoms. The molecule has 11 aromatic rings. The van der Waals surface area contributed by atoms with Crippen LogP contribution in [0.3, 0.4) is 0 Å². The maximum absolute atomic E-state index is 7.08. The predicted molar refractivity (Wildman–Crippen MR) is 291 cm³/mol. The van der Waals surface area contributed by atoms with Crippen LogP contribution >= 0.6 is 0 Å². The Morgan fingerprint density at radius 3 is 1.97 bits per heavy atom. The molecule has 4 aliphatic rings. The fourth-order valence-electron chi connectivity index (χ4n) is 13.8. The van der Waals surface area contributed by atoms with Gasteiger partial charge in [-0.1, -0.05) is 129 Å². The number of hydrogen-bond donors (Lipinski definition) is 0. The van der Waals surface area contributed by atoms with Gasteiger partial charge in [0.25, 0.3) is 0 Å². The van der Waals surface area contributed by atoms with Crippen LogP contribution in [-0.2, 0) is 21.7 Å². The van der Waals surface area contributed by atoms with E-state index in [2.05, 4.69) is 206 Å². The van der Waals surface area contributed by atoms with Crippen molar-refractivity contribution in [1.29, 1.82) is 0 Å². The fourth-order valence-corrected chi connectivity index (χ4v) is 13.8. The van der Waals surface area contributed by atoms with Crippen LogP contribution in [0.15, 0.2) is 136 Å². The first-order chi connectivity index (χ1) is 33.0. The predicted octanol–water partition coefficient (Wildman–Crippen LogP) is 16.1. The third-order valence-electron chi connectivity index (χ3n) is 17.7. The summed E-state index contributed by atoms with van der Waals surface area (Å²) in [6, 6.07) is 49.2. The molecule has 15 rings (SSSR count). The van der Waals surface area contributed by atoms with Crippen LogP contribution in [0.1, 0.15) is 109 Å². The van der Waals surface area contributed by atoms with Crippen molar-refractivity contribution in [3.8, 4) is 27.9 Å². The summed E-state index contributed by atoms with van der Waals surface area (Å²) in [5, 5.41) is 7.18. The lowest BCUT2D eigenvalue weighted by molar-refractivity contribution is 0.332. The first-order valence-electron chi connectivity index (χ1n) is 25.1. The van der Waals surface area contributed by atoms with Crippen LogP contribution in [0, 0.1) is 6.92 Å². The van der Waals surface area contributed by atoms with Crippen molar-refractivity contribution in [3.63, 3.8) is 0 Å². The summed E-state index contributed by atoms with van der Waals surface area (Å²) in [7, 11) is 0. The third kappa shape index (κ3) is 5.01. The number of aromatic nitrogens is 1. The molecule has 5 heterocycles. The normalized spacial score (nSPS) is 17.0. The van der Waals surface area contributed by atoms with Crippen molar-refractivity contribution in [2.24, 2.45) is 0 Å². The maximum atomic E-state index is 7.08. The summed E-state index contributed by atoms with van der Waals surface area (Å²) in [4.78, 5) is 2.70. The average Bonchev–Trinajstić information content (AvgIpc) is 4.04. The molecule has 336 valence electrons. The zero-order chi connectivity index (χ0) is 47.0. The number of benzene rings is 8. The van der Waals surface area contributed by atoms with E-state index >= 15 is 0 Å². The topological polar surface area (TPSA) is 34.5 Å². The van der Waals surface area contributed by atoms with Crippen molar-refractivity contribution < 1.29 is 8.83 Å². The van der Waals surface area contributed by atoms with Crippen LogP contribution in [-0.4, -0.2) is 11.4 Å². The molecule has 2 aliphatic heterocycles. The largest absolute Gasteiger partial charge is 0.456 e. The number of aryl methyl sites for hydroxylation is 1. The highest BCUT2D eigenvalue weighted by Crippen LogP contribution is 2.54. The first kappa shape index (κ1) is 40.0.